The molecule has 0 radical (unpaired) electrons. The molecule has 1 rings (SSSR count). The average molecular weight is 219 g/mol. The summed E-state index contributed by atoms with van der Waals surface area (Å²) >= 11 is 0. The summed E-state index contributed by atoms with van der Waals surface area (Å²) in [4.78, 5) is 0. The SMILES string of the molecule is C#CCCC(NCCC)c1cn(C)nc1C. The van der Waals surface area contributed by atoms with E-state index in [1.807, 2.05) is 18.7 Å². The summed E-state index contributed by atoms with van der Waals surface area (Å²) in [6.45, 7) is 5.23. The second-order valence-corrected chi connectivity index (χ2v) is 4.09. The van der Waals surface area contributed by atoms with Crippen LogP contribution in [0, 0.1) is 19.3 Å². The Morgan fingerprint density at radius 1 is 1.62 bits per heavy atom. The maximum Gasteiger partial charge on any atom is 0.0641 e. The van der Waals surface area contributed by atoms with Gasteiger partial charge in [-0.1, -0.05) is 6.92 Å². The number of aryl methyl sites for hydroxylation is 2. The second kappa shape index (κ2) is 6.34. The Morgan fingerprint density at radius 3 is 2.88 bits per heavy atom. The number of rotatable bonds is 6. The number of terminal acetylenes is 1. The summed E-state index contributed by atoms with van der Waals surface area (Å²) < 4.78 is 1.86. The van der Waals surface area contributed by atoms with Gasteiger partial charge in [0.1, 0.15) is 0 Å². The van der Waals surface area contributed by atoms with Crippen molar-refractivity contribution in [3.8, 4) is 12.3 Å². The van der Waals surface area contributed by atoms with E-state index in [1.165, 1.54) is 5.56 Å². The highest BCUT2D eigenvalue weighted by atomic mass is 15.3. The minimum Gasteiger partial charge on any atom is -0.310 e. The molecule has 88 valence electrons. The third-order valence-electron chi connectivity index (χ3n) is 2.64. The molecule has 0 aliphatic heterocycles. The summed E-state index contributed by atoms with van der Waals surface area (Å²) in [5.74, 6) is 2.70. The lowest BCUT2D eigenvalue weighted by Gasteiger charge is -2.16. The van der Waals surface area contributed by atoms with E-state index < -0.39 is 0 Å². The largest absolute Gasteiger partial charge is 0.310 e. The molecular weight excluding hydrogens is 198 g/mol. The first-order valence-corrected chi connectivity index (χ1v) is 5.86. The van der Waals surface area contributed by atoms with Crippen LogP contribution in [-0.4, -0.2) is 16.3 Å². The summed E-state index contributed by atoms with van der Waals surface area (Å²) in [6, 6.07) is 0.338. The van der Waals surface area contributed by atoms with Crippen LogP contribution in [0.25, 0.3) is 0 Å². The molecule has 3 nitrogen and oxygen atoms in total. The van der Waals surface area contributed by atoms with Gasteiger partial charge in [0.05, 0.1) is 5.69 Å². The van der Waals surface area contributed by atoms with Crippen molar-refractivity contribution in [2.45, 2.75) is 39.2 Å². The fourth-order valence-corrected chi connectivity index (χ4v) is 1.87. The molecule has 0 aliphatic rings. The molecule has 1 N–H and O–H groups in total. The van der Waals surface area contributed by atoms with E-state index in [9.17, 15) is 0 Å². The second-order valence-electron chi connectivity index (χ2n) is 4.09. The molecule has 0 aliphatic carbocycles. The number of nitrogens with zero attached hydrogens (tertiary/aromatic N) is 2. The first-order valence-electron chi connectivity index (χ1n) is 5.86. The van der Waals surface area contributed by atoms with E-state index in [0.717, 1.165) is 31.5 Å². The predicted molar refractivity (Wildman–Crippen MR) is 67.0 cm³/mol. The van der Waals surface area contributed by atoms with Crippen molar-refractivity contribution in [1.29, 1.82) is 0 Å². The highest BCUT2D eigenvalue weighted by Crippen LogP contribution is 2.20. The van der Waals surface area contributed by atoms with E-state index in [1.54, 1.807) is 0 Å². The van der Waals surface area contributed by atoms with E-state index in [-0.39, 0.29) is 0 Å². The molecule has 0 saturated heterocycles. The third kappa shape index (κ3) is 3.39. The van der Waals surface area contributed by atoms with E-state index in [2.05, 4.69) is 29.5 Å². The Kier molecular flexibility index (Phi) is 5.07. The van der Waals surface area contributed by atoms with Gasteiger partial charge in [0, 0.05) is 31.3 Å². The molecule has 3 heteroatoms. The van der Waals surface area contributed by atoms with Crippen molar-refractivity contribution in [3.63, 3.8) is 0 Å². The summed E-state index contributed by atoms with van der Waals surface area (Å²) in [5, 5.41) is 7.90. The quantitative estimate of drug-likeness (QED) is 0.743. The molecule has 0 amide bonds. The lowest BCUT2D eigenvalue weighted by atomic mass is 10.0. The summed E-state index contributed by atoms with van der Waals surface area (Å²) in [5.41, 5.74) is 2.36. The molecule has 0 aromatic carbocycles. The average Bonchev–Trinajstić information content (AvgIpc) is 2.58. The van der Waals surface area contributed by atoms with Crippen LogP contribution in [0.2, 0.25) is 0 Å². The molecular formula is C13H21N3. The van der Waals surface area contributed by atoms with Crippen LogP contribution in [0.4, 0.5) is 0 Å². The van der Waals surface area contributed by atoms with Crippen molar-refractivity contribution in [3.05, 3.63) is 17.5 Å². The standard InChI is InChI=1S/C13H21N3/c1-5-7-8-13(14-9-6-2)12-10-16(4)15-11(12)3/h1,10,13-14H,6-9H2,2-4H3. The molecule has 0 spiro atoms. The lowest BCUT2D eigenvalue weighted by Crippen LogP contribution is -2.22. The van der Waals surface area contributed by atoms with Gasteiger partial charge in [-0.15, -0.1) is 12.3 Å². The maximum atomic E-state index is 5.33. The fourth-order valence-electron chi connectivity index (χ4n) is 1.87. The van der Waals surface area contributed by atoms with Crippen LogP contribution in [-0.2, 0) is 7.05 Å². The van der Waals surface area contributed by atoms with Gasteiger partial charge in [0.2, 0.25) is 0 Å². The Balaban J connectivity index is 2.74. The molecule has 1 heterocycles. The normalized spacial score (nSPS) is 12.4. The van der Waals surface area contributed by atoms with Gasteiger partial charge in [-0.3, -0.25) is 4.68 Å². The Morgan fingerprint density at radius 2 is 2.38 bits per heavy atom. The zero-order valence-electron chi connectivity index (χ0n) is 10.5. The van der Waals surface area contributed by atoms with Crippen LogP contribution < -0.4 is 5.32 Å². The summed E-state index contributed by atoms with van der Waals surface area (Å²) in [7, 11) is 1.95. The highest BCUT2D eigenvalue weighted by molar-refractivity contribution is 5.20. The van der Waals surface area contributed by atoms with Crippen molar-refractivity contribution in [1.82, 2.24) is 15.1 Å². The van der Waals surface area contributed by atoms with Gasteiger partial charge < -0.3 is 5.32 Å². The van der Waals surface area contributed by atoms with Gasteiger partial charge in [0.15, 0.2) is 0 Å². The molecule has 1 aromatic heterocycles. The number of hydrogen-bond acceptors (Lipinski definition) is 2. The Bertz CT molecular complexity index is 360. The van der Waals surface area contributed by atoms with Crippen molar-refractivity contribution >= 4 is 0 Å². The van der Waals surface area contributed by atoms with Crippen LogP contribution in [0.5, 0.6) is 0 Å². The molecule has 1 aromatic rings. The van der Waals surface area contributed by atoms with Crippen molar-refractivity contribution in [2.24, 2.45) is 7.05 Å². The zero-order chi connectivity index (χ0) is 12.0. The number of aromatic nitrogens is 2. The first-order chi connectivity index (χ1) is 7.69. The Hall–Kier alpha value is -1.27. The van der Waals surface area contributed by atoms with Gasteiger partial charge in [-0.05, 0) is 26.3 Å². The highest BCUT2D eigenvalue weighted by Gasteiger charge is 2.14. The third-order valence-corrected chi connectivity index (χ3v) is 2.64. The monoisotopic (exact) mass is 219 g/mol. The molecule has 0 fully saturated rings. The fraction of sp³-hybridized carbons (Fsp3) is 0.615. The van der Waals surface area contributed by atoms with Crippen LogP contribution in [0.3, 0.4) is 0 Å². The van der Waals surface area contributed by atoms with E-state index in [0.29, 0.717) is 6.04 Å². The number of hydrogen-bond donors (Lipinski definition) is 1. The van der Waals surface area contributed by atoms with Crippen molar-refractivity contribution in [2.75, 3.05) is 6.54 Å². The van der Waals surface area contributed by atoms with Crippen LogP contribution in [0.15, 0.2) is 6.20 Å². The molecule has 1 atom stereocenters. The van der Waals surface area contributed by atoms with Crippen LogP contribution >= 0.6 is 0 Å². The number of nitrogens with one attached hydrogen (secondary N) is 1. The predicted octanol–water partition coefficient (Wildman–Crippen LogP) is 2.18. The maximum absolute atomic E-state index is 5.33. The van der Waals surface area contributed by atoms with E-state index >= 15 is 0 Å². The van der Waals surface area contributed by atoms with Gasteiger partial charge in [-0.2, -0.15) is 5.10 Å². The van der Waals surface area contributed by atoms with Gasteiger partial charge in [0.25, 0.3) is 0 Å². The molecule has 0 bridgehead atoms. The zero-order valence-corrected chi connectivity index (χ0v) is 10.5. The summed E-state index contributed by atoms with van der Waals surface area (Å²) in [6.07, 6.45) is 10.3. The Labute approximate surface area is 98.2 Å². The molecule has 1 unspecified atom stereocenters. The van der Waals surface area contributed by atoms with Gasteiger partial charge >= 0.3 is 0 Å². The van der Waals surface area contributed by atoms with Gasteiger partial charge in [-0.25, -0.2) is 0 Å². The van der Waals surface area contributed by atoms with Crippen molar-refractivity contribution < 1.29 is 0 Å². The smallest absolute Gasteiger partial charge is 0.0641 e. The topological polar surface area (TPSA) is 29.9 Å². The van der Waals surface area contributed by atoms with E-state index in [4.69, 9.17) is 6.42 Å². The molecule has 16 heavy (non-hydrogen) atoms. The van der Waals surface area contributed by atoms with Crippen LogP contribution in [0.1, 0.15) is 43.5 Å². The molecule has 0 saturated carbocycles. The first kappa shape index (κ1) is 12.8. The minimum absolute atomic E-state index is 0.338. The minimum atomic E-state index is 0.338. The lowest BCUT2D eigenvalue weighted by molar-refractivity contribution is 0.503.